The van der Waals surface area contributed by atoms with Crippen molar-refractivity contribution in [3.05, 3.63) is 42.6 Å². The molecule has 0 saturated heterocycles. The summed E-state index contributed by atoms with van der Waals surface area (Å²) in [5, 5.41) is 0. The maximum atomic E-state index is 4.24. The molecule has 0 atom stereocenters. The van der Waals surface area contributed by atoms with E-state index < -0.39 is 0 Å². The first-order valence-corrected chi connectivity index (χ1v) is 3.22. The minimum Gasteiger partial charge on any atom is -0.254 e. The van der Waals surface area contributed by atoms with Crippen molar-refractivity contribution in [2.24, 2.45) is 0 Å². The van der Waals surface area contributed by atoms with Crippen LogP contribution in [0, 0.1) is 13.8 Å². The molecule has 0 unspecified atom stereocenters. The average molecular weight is 132 g/mol. The van der Waals surface area contributed by atoms with Crippen molar-refractivity contribution >= 4 is 6.08 Å². The van der Waals surface area contributed by atoms with Gasteiger partial charge in [0.2, 0.25) is 0 Å². The van der Waals surface area contributed by atoms with Gasteiger partial charge in [-0.3, -0.25) is 4.98 Å². The maximum absolute atomic E-state index is 4.24. The number of hydrogen-bond acceptors (Lipinski definition) is 1. The molecule has 0 spiro atoms. The van der Waals surface area contributed by atoms with Gasteiger partial charge in [0.25, 0.3) is 0 Å². The summed E-state index contributed by atoms with van der Waals surface area (Å²) in [4.78, 5) is 4.24. The van der Waals surface area contributed by atoms with Gasteiger partial charge < -0.3 is 0 Å². The number of pyridine rings is 1. The van der Waals surface area contributed by atoms with Crippen molar-refractivity contribution in [1.82, 2.24) is 4.98 Å². The highest BCUT2D eigenvalue weighted by atomic mass is 14.7. The zero-order chi connectivity index (χ0) is 7.40. The molecule has 1 aromatic heterocycles. The summed E-state index contributed by atoms with van der Waals surface area (Å²) in [5.74, 6) is 0. The Morgan fingerprint density at radius 1 is 1.50 bits per heavy atom. The van der Waals surface area contributed by atoms with E-state index in [1.54, 1.807) is 6.08 Å². The Hall–Kier alpha value is -1.11. The van der Waals surface area contributed by atoms with Crippen LogP contribution >= 0.6 is 0 Å². The van der Waals surface area contributed by atoms with Gasteiger partial charge in [0.1, 0.15) is 0 Å². The molecule has 1 nitrogen and oxygen atoms in total. The highest BCUT2D eigenvalue weighted by Gasteiger charge is 1.85. The van der Waals surface area contributed by atoms with Crippen molar-refractivity contribution in [2.75, 3.05) is 0 Å². The first-order valence-electron chi connectivity index (χ1n) is 3.22. The monoisotopic (exact) mass is 132 g/mol. The molecular formula is C9H10N. The third-order valence-electron chi connectivity index (χ3n) is 1.20. The Bertz CT molecular complexity index is 238. The third kappa shape index (κ3) is 1.69. The normalized spacial score (nSPS) is 10.6. The smallest absolute Gasteiger partial charge is 0.0629 e. The fourth-order valence-electron chi connectivity index (χ4n) is 0.778. The Morgan fingerprint density at radius 2 is 2.30 bits per heavy atom. The molecule has 1 heteroatoms. The van der Waals surface area contributed by atoms with Gasteiger partial charge in [0, 0.05) is 5.69 Å². The number of hydrogen-bond donors (Lipinski definition) is 0. The van der Waals surface area contributed by atoms with Gasteiger partial charge in [0.05, 0.1) is 5.69 Å². The van der Waals surface area contributed by atoms with Crippen LogP contribution < -0.4 is 0 Å². The van der Waals surface area contributed by atoms with Crippen molar-refractivity contribution < 1.29 is 0 Å². The Morgan fingerprint density at radius 3 is 2.90 bits per heavy atom. The summed E-state index contributed by atoms with van der Waals surface area (Å²) in [7, 11) is 0. The second-order valence-corrected chi connectivity index (χ2v) is 2.11. The van der Waals surface area contributed by atoms with Gasteiger partial charge in [-0.2, -0.15) is 0 Å². The van der Waals surface area contributed by atoms with E-state index in [4.69, 9.17) is 0 Å². The van der Waals surface area contributed by atoms with Crippen LogP contribution in [0.15, 0.2) is 24.3 Å². The molecule has 0 aromatic carbocycles. The minimum absolute atomic E-state index is 0.968. The second kappa shape index (κ2) is 3.16. The van der Waals surface area contributed by atoms with Gasteiger partial charge in [-0.15, -0.1) is 0 Å². The molecule has 0 fully saturated rings. The van der Waals surface area contributed by atoms with Gasteiger partial charge in [-0.05, 0) is 32.1 Å². The van der Waals surface area contributed by atoms with Crippen molar-refractivity contribution in [2.45, 2.75) is 6.92 Å². The molecule has 0 aliphatic rings. The van der Waals surface area contributed by atoms with Gasteiger partial charge >= 0.3 is 0 Å². The molecule has 0 N–H and O–H groups in total. The van der Waals surface area contributed by atoms with Crippen LogP contribution in [-0.2, 0) is 0 Å². The van der Waals surface area contributed by atoms with Crippen molar-refractivity contribution in [3.63, 3.8) is 0 Å². The van der Waals surface area contributed by atoms with E-state index in [0.717, 1.165) is 11.4 Å². The van der Waals surface area contributed by atoms with Crippen LogP contribution in [0.5, 0.6) is 0 Å². The molecule has 1 radical (unpaired) electrons. The summed E-state index contributed by atoms with van der Waals surface area (Å²) in [5.41, 5.74) is 2.01. The van der Waals surface area contributed by atoms with Crippen LogP contribution in [0.2, 0.25) is 0 Å². The molecule has 51 valence electrons. The zero-order valence-corrected chi connectivity index (χ0v) is 6.04. The van der Waals surface area contributed by atoms with Crippen LogP contribution in [0.1, 0.15) is 11.4 Å². The second-order valence-electron chi connectivity index (χ2n) is 2.11. The Balaban J connectivity index is 2.95. The lowest BCUT2D eigenvalue weighted by atomic mass is 10.3. The van der Waals surface area contributed by atoms with Crippen molar-refractivity contribution in [3.8, 4) is 0 Å². The molecule has 0 aliphatic carbocycles. The number of aromatic nitrogens is 1. The lowest BCUT2D eigenvalue weighted by Gasteiger charge is -1.92. The molecule has 1 rings (SSSR count). The zero-order valence-electron chi connectivity index (χ0n) is 6.04. The van der Waals surface area contributed by atoms with Crippen LogP contribution in [0.25, 0.3) is 6.08 Å². The largest absolute Gasteiger partial charge is 0.254 e. The minimum atomic E-state index is 0.968. The van der Waals surface area contributed by atoms with E-state index in [-0.39, 0.29) is 0 Å². The maximum Gasteiger partial charge on any atom is 0.0629 e. The Labute approximate surface area is 61.4 Å². The number of rotatable bonds is 1. The number of aryl methyl sites for hydroxylation is 1. The highest BCUT2D eigenvalue weighted by molar-refractivity contribution is 5.44. The van der Waals surface area contributed by atoms with Crippen LogP contribution in [0.4, 0.5) is 0 Å². The summed E-state index contributed by atoms with van der Waals surface area (Å²) >= 11 is 0. The molecule has 1 aromatic rings. The fourth-order valence-corrected chi connectivity index (χ4v) is 0.778. The van der Waals surface area contributed by atoms with Crippen molar-refractivity contribution in [1.29, 1.82) is 0 Å². The molecule has 0 saturated carbocycles. The van der Waals surface area contributed by atoms with E-state index in [0.29, 0.717) is 0 Å². The summed E-state index contributed by atoms with van der Waals surface area (Å²) in [6.07, 6.45) is 3.62. The quantitative estimate of drug-likeness (QED) is 0.571. The molecule has 10 heavy (non-hydrogen) atoms. The molecule has 1 heterocycles. The molecular weight excluding hydrogens is 122 g/mol. The molecule has 0 bridgehead atoms. The van der Waals surface area contributed by atoms with Gasteiger partial charge in [0.15, 0.2) is 0 Å². The van der Waals surface area contributed by atoms with E-state index in [2.05, 4.69) is 11.9 Å². The van der Waals surface area contributed by atoms with E-state index in [1.807, 2.05) is 31.2 Å². The van der Waals surface area contributed by atoms with Gasteiger partial charge in [-0.1, -0.05) is 12.1 Å². The van der Waals surface area contributed by atoms with Crippen LogP contribution in [0.3, 0.4) is 0 Å². The molecule has 0 aliphatic heterocycles. The predicted octanol–water partition coefficient (Wildman–Crippen LogP) is 2.24. The summed E-state index contributed by atoms with van der Waals surface area (Å²) < 4.78 is 0. The first kappa shape index (κ1) is 7.00. The summed E-state index contributed by atoms with van der Waals surface area (Å²) in [6, 6.07) is 5.91. The predicted molar refractivity (Wildman–Crippen MR) is 43.4 cm³/mol. The summed E-state index contributed by atoms with van der Waals surface area (Å²) in [6.45, 7) is 5.56. The highest BCUT2D eigenvalue weighted by Crippen LogP contribution is 1.99. The van der Waals surface area contributed by atoms with Gasteiger partial charge in [-0.25, -0.2) is 0 Å². The standard InChI is InChI=1S/C9H10N/c1-3-5-9-7-4-6-8(2)10-9/h3-7H,1H2,2H3. The number of nitrogens with zero attached hydrogens (tertiary/aromatic N) is 1. The SMILES string of the molecule is [CH2]C=Cc1cccc(C)n1. The third-order valence-corrected chi connectivity index (χ3v) is 1.20. The average Bonchev–Trinajstić information content (AvgIpc) is 1.88. The first-order chi connectivity index (χ1) is 4.83. The topological polar surface area (TPSA) is 12.9 Å². The van der Waals surface area contributed by atoms with E-state index in [9.17, 15) is 0 Å². The number of allylic oxidation sites excluding steroid dienone is 1. The Kier molecular flexibility index (Phi) is 2.21. The lowest BCUT2D eigenvalue weighted by Crippen LogP contribution is -1.82. The van der Waals surface area contributed by atoms with E-state index in [1.165, 1.54) is 0 Å². The van der Waals surface area contributed by atoms with Crippen LogP contribution in [-0.4, -0.2) is 4.98 Å². The molecule has 0 amide bonds. The lowest BCUT2D eigenvalue weighted by molar-refractivity contribution is 1.18. The van der Waals surface area contributed by atoms with E-state index >= 15 is 0 Å². The fraction of sp³-hybridized carbons (Fsp3) is 0.111.